The minimum Gasteiger partial charge on any atom is -0.508 e. The number of phenols is 1. The fourth-order valence-electron chi connectivity index (χ4n) is 4.94. The van der Waals surface area contributed by atoms with Crippen molar-refractivity contribution in [2.75, 3.05) is 11.9 Å². The highest BCUT2D eigenvalue weighted by molar-refractivity contribution is 5.89. The number of allylic oxidation sites excluding steroid dienone is 2. The van der Waals surface area contributed by atoms with Gasteiger partial charge in [0, 0.05) is 11.5 Å². The average molecular weight is 386 g/mol. The number of unbranched alkanes of at least 4 members (excludes halogenated alkanes) is 1. The van der Waals surface area contributed by atoms with Crippen LogP contribution in [0.1, 0.15) is 49.3 Å². The number of benzene rings is 3. The Morgan fingerprint density at radius 1 is 1.07 bits per heavy atom. The third-order valence-corrected chi connectivity index (χ3v) is 6.37. The number of para-hydroxylation sites is 1. The summed E-state index contributed by atoms with van der Waals surface area (Å²) in [5.41, 5.74) is 3.37. The van der Waals surface area contributed by atoms with Gasteiger partial charge in [-0.05, 0) is 47.2 Å². The van der Waals surface area contributed by atoms with Crippen molar-refractivity contribution in [1.82, 2.24) is 0 Å². The number of ether oxygens (including phenoxy) is 1. The fourth-order valence-corrected chi connectivity index (χ4v) is 4.94. The first-order chi connectivity index (χ1) is 14.3. The van der Waals surface area contributed by atoms with E-state index in [9.17, 15) is 5.11 Å². The second-order valence-corrected chi connectivity index (χ2v) is 8.12. The SMILES string of the molecule is CCCCOc1cccc2c1NC(c1c(O)ccc3ccccc13)C1CC=CC21. The molecule has 3 atom stereocenters. The smallest absolute Gasteiger partial charge is 0.142 e. The molecule has 1 aliphatic heterocycles. The first-order valence-corrected chi connectivity index (χ1v) is 10.7. The summed E-state index contributed by atoms with van der Waals surface area (Å²) in [6.45, 7) is 2.90. The van der Waals surface area contributed by atoms with E-state index in [-0.39, 0.29) is 6.04 Å². The minimum atomic E-state index is 0.0320. The molecule has 0 bridgehead atoms. The van der Waals surface area contributed by atoms with Gasteiger partial charge in [0.05, 0.1) is 18.3 Å². The van der Waals surface area contributed by atoms with Crippen molar-refractivity contribution in [3.8, 4) is 11.5 Å². The van der Waals surface area contributed by atoms with Gasteiger partial charge in [-0.1, -0.05) is 68.0 Å². The van der Waals surface area contributed by atoms with E-state index in [1.54, 1.807) is 0 Å². The summed E-state index contributed by atoms with van der Waals surface area (Å²) < 4.78 is 6.15. The fraction of sp³-hybridized carbons (Fsp3) is 0.308. The summed E-state index contributed by atoms with van der Waals surface area (Å²) in [5.74, 6) is 1.99. The Kier molecular flexibility index (Phi) is 4.67. The first kappa shape index (κ1) is 18.1. The summed E-state index contributed by atoms with van der Waals surface area (Å²) >= 11 is 0. The molecule has 0 aromatic heterocycles. The van der Waals surface area contributed by atoms with Crippen molar-refractivity contribution in [2.24, 2.45) is 5.92 Å². The van der Waals surface area contributed by atoms with E-state index in [2.05, 4.69) is 54.7 Å². The van der Waals surface area contributed by atoms with Crippen LogP contribution >= 0.6 is 0 Å². The third-order valence-electron chi connectivity index (χ3n) is 6.37. The van der Waals surface area contributed by atoms with Gasteiger partial charge < -0.3 is 15.2 Å². The molecule has 0 radical (unpaired) electrons. The van der Waals surface area contributed by atoms with Gasteiger partial charge in [-0.15, -0.1) is 0 Å². The Morgan fingerprint density at radius 3 is 2.86 bits per heavy atom. The number of rotatable bonds is 5. The highest BCUT2D eigenvalue weighted by Crippen LogP contribution is 2.54. The van der Waals surface area contributed by atoms with Crippen molar-refractivity contribution in [3.05, 3.63) is 77.9 Å². The molecule has 0 saturated carbocycles. The minimum absolute atomic E-state index is 0.0320. The first-order valence-electron chi connectivity index (χ1n) is 10.7. The number of fused-ring (bicyclic) bond motifs is 4. The molecule has 3 nitrogen and oxygen atoms in total. The molecule has 5 rings (SSSR count). The normalized spacial score (nSPS) is 22.2. The van der Waals surface area contributed by atoms with Gasteiger partial charge in [0.2, 0.25) is 0 Å². The van der Waals surface area contributed by atoms with Crippen molar-refractivity contribution in [3.63, 3.8) is 0 Å². The highest BCUT2D eigenvalue weighted by atomic mass is 16.5. The lowest BCUT2D eigenvalue weighted by Crippen LogP contribution is -2.29. The van der Waals surface area contributed by atoms with Crippen molar-refractivity contribution in [2.45, 2.75) is 38.1 Å². The lowest BCUT2D eigenvalue weighted by molar-refractivity contribution is 0.307. The van der Waals surface area contributed by atoms with Gasteiger partial charge in [0.1, 0.15) is 11.5 Å². The second kappa shape index (κ2) is 7.47. The molecular formula is C26H27NO2. The van der Waals surface area contributed by atoms with Crippen LogP contribution in [-0.4, -0.2) is 11.7 Å². The number of hydrogen-bond donors (Lipinski definition) is 2. The predicted molar refractivity (Wildman–Crippen MR) is 119 cm³/mol. The topological polar surface area (TPSA) is 41.5 Å². The standard InChI is InChI=1S/C26H27NO2/c1-2-3-16-29-23-13-7-12-20-19-10-6-11-21(19)26(27-25(20)23)24-18-9-5-4-8-17(18)14-15-22(24)28/h4-10,12-15,19,21,26-28H,2-3,11,16H2,1H3. The zero-order chi connectivity index (χ0) is 19.8. The van der Waals surface area contributed by atoms with Gasteiger partial charge in [-0.3, -0.25) is 0 Å². The Morgan fingerprint density at radius 2 is 1.97 bits per heavy atom. The zero-order valence-electron chi connectivity index (χ0n) is 16.8. The molecule has 2 N–H and O–H groups in total. The van der Waals surface area contributed by atoms with Crippen molar-refractivity contribution in [1.29, 1.82) is 0 Å². The van der Waals surface area contributed by atoms with Gasteiger partial charge in [-0.2, -0.15) is 0 Å². The summed E-state index contributed by atoms with van der Waals surface area (Å²) in [5, 5.41) is 16.9. The van der Waals surface area contributed by atoms with Gasteiger partial charge in [-0.25, -0.2) is 0 Å². The average Bonchev–Trinajstić information content (AvgIpc) is 3.24. The maximum atomic E-state index is 10.9. The maximum absolute atomic E-state index is 10.9. The van der Waals surface area contributed by atoms with Crippen LogP contribution in [0.15, 0.2) is 66.7 Å². The molecule has 0 spiro atoms. The van der Waals surface area contributed by atoms with Crippen molar-refractivity contribution < 1.29 is 9.84 Å². The molecule has 3 heteroatoms. The van der Waals surface area contributed by atoms with Crippen LogP contribution < -0.4 is 10.1 Å². The predicted octanol–water partition coefficient (Wildman–Crippen LogP) is 6.55. The molecule has 1 heterocycles. The summed E-state index contributed by atoms with van der Waals surface area (Å²) in [6.07, 6.45) is 7.78. The van der Waals surface area contributed by atoms with E-state index in [4.69, 9.17) is 4.74 Å². The molecule has 3 aromatic rings. The molecular weight excluding hydrogens is 358 g/mol. The van der Waals surface area contributed by atoms with Gasteiger partial charge in [0.25, 0.3) is 0 Å². The molecule has 0 amide bonds. The Labute approximate surface area is 172 Å². The van der Waals surface area contributed by atoms with E-state index in [1.807, 2.05) is 24.3 Å². The maximum Gasteiger partial charge on any atom is 0.142 e. The number of nitrogens with one attached hydrogen (secondary N) is 1. The Balaban J connectivity index is 1.62. The molecule has 3 aromatic carbocycles. The molecule has 29 heavy (non-hydrogen) atoms. The van der Waals surface area contributed by atoms with Crippen LogP contribution in [0.25, 0.3) is 10.8 Å². The highest BCUT2D eigenvalue weighted by Gasteiger charge is 2.40. The molecule has 3 unspecified atom stereocenters. The number of phenolic OH excluding ortho intramolecular Hbond substituents is 1. The van der Waals surface area contributed by atoms with Gasteiger partial charge >= 0.3 is 0 Å². The van der Waals surface area contributed by atoms with Crippen LogP contribution in [0.3, 0.4) is 0 Å². The lowest BCUT2D eigenvalue weighted by atomic mass is 9.76. The number of anilines is 1. The van der Waals surface area contributed by atoms with E-state index in [0.29, 0.717) is 17.6 Å². The van der Waals surface area contributed by atoms with Crippen LogP contribution in [0, 0.1) is 5.92 Å². The zero-order valence-corrected chi connectivity index (χ0v) is 16.8. The summed E-state index contributed by atoms with van der Waals surface area (Å²) in [6, 6.07) is 18.5. The Hall–Kier alpha value is -2.94. The van der Waals surface area contributed by atoms with Crippen LogP contribution in [0.2, 0.25) is 0 Å². The van der Waals surface area contributed by atoms with Crippen LogP contribution in [-0.2, 0) is 0 Å². The van der Waals surface area contributed by atoms with Crippen molar-refractivity contribution >= 4 is 16.5 Å². The second-order valence-electron chi connectivity index (χ2n) is 8.12. The number of aromatic hydroxyl groups is 1. The van der Waals surface area contributed by atoms with Crippen LogP contribution in [0.4, 0.5) is 5.69 Å². The Bertz CT molecular complexity index is 1070. The molecule has 148 valence electrons. The quantitative estimate of drug-likeness (QED) is 0.386. The summed E-state index contributed by atoms with van der Waals surface area (Å²) in [4.78, 5) is 0. The molecule has 2 aliphatic rings. The largest absolute Gasteiger partial charge is 0.508 e. The van der Waals surface area contributed by atoms with E-state index in [1.165, 1.54) is 5.56 Å². The van der Waals surface area contributed by atoms with E-state index in [0.717, 1.165) is 53.6 Å². The molecule has 0 saturated heterocycles. The van der Waals surface area contributed by atoms with E-state index < -0.39 is 0 Å². The molecule has 0 fully saturated rings. The number of hydrogen-bond acceptors (Lipinski definition) is 3. The lowest BCUT2D eigenvalue weighted by Gasteiger charge is -2.38. The summed E-state index contributed by atoms with van der Waals surface area (Å²) in [7, 11) is 0. The van der Waals surface area contributed by atoms with Crippen LogP contribution in [0.5, 0.6) is 11.5 Å². The van der Waals surface area contributed by atoms with Gasteiger partial charge in [0.15, 0.2) is 0 Å². The third kappa shape index (κ3) is 3.05. The monoisotopic (exact) mass is 385 g/mol. The van der Waals surface area contributed by atoms with E-state index >= 15 is 0 Å². The molecule has 1 aliphatic carbocycles.